The van der Waals surface area contributed by atoms with Gasteiger partial charge in [0.05, 0.1) is 0 Å². The van der Waals surface area contributed by atoms with E-state index in [2.05, 4.69) is 0 Å². The molecule has 0 bridgehead atoms. The third-order valence-electron chi connectivity index (χ3n) is 1.89. The number of carboxylic acid groups (broad SMARTS) is 3. The van der Waals surface area contributed by atoms with Crippen molar-refractivity contribution in [1.82, 2.24) is 0 Å². The van der Waals surface area contributed by atoms with Gasteiger partial charge in [0.15, 0.2) is 0 Å². The maximum absolute atomic E-state index is 9.37. The SMILES string of the molecule is CCC(=O)O.CCC(=O)O.O=CO.OCCCC(CO)CO. The van der Waals surface area contributed by atoms with Crippen LogP contribution in [0.3, 0.4) is 0 Å². The van der Waals surface area contributed by atoms with Crippen LogP contribution in [0.5, 0.6) is 0 Å². The minimum absolute atomic E-state index is 0.0104. The quantitative estimate of drug-likeness (QED) is 0.352. The van der Waals surface area contributed by atoms with E-state index in [1.165, 1.54) is 0 Å². The topological polar surface area (TPSA) is 173 Å². The molecule has 0 aromatic heterocycles. The van der Waals surface area contributed by atoms with E-state index < -0.39 is 11.9 Å². The van der Waals surface area contributed by atoms with E-state index in [0.717, 1.165) is 0 Å². The summed E-state index contributed by atoms with van der Waals surface area (Å²) in [5, 5.41) is 47.7. The summed E-state index contributed by atoms with van der Waals surface area (Å²) in [5.74, 6) is -1.54. The van der Waals surface area contributed by atoms with Gasteiger partial charge in [-0.3, -0.25) is 14.4 Å². The Bertz CT molecular complexity index is 226. The average Bonchev–Trinajstić information content (AvgIpc) is 2.50. The molecule has 0 aromatic carbocycles. The van der Waals surface area contributed by atoms with Crippen LogP contribution in [-0.2, 0) is 14.4 Å². The third kappa shape index (κ3) is 51.6. The molecule has 9 heteroatoms. The van der Waals surface area contributed by atoms with Crippen molar-refractivity contribution in [3.8, 4) is 0 Å². The smallest absolute Gasteiger partial charge is 0.303 e. The van der Waals surface area contributed by atoms with Gasteiger partial charge in [0.1, 0.15) is 0 Å². The molecule has 0 fully saturated rings. The highest BCUT2D eigenvalue weighted by atomic mass is 16.4. The Balaban J connectivity index is -0.000000107. The first-order valence-electron chi connectivity index (χ1n) is 6.64. The molecule has 0 saturated heterocycles. The van der Waals surface area contributed by atoms with Crippen molar-refractivity contribution < 1.29 is 45.0 Å². The summed E-state index contributed by atoms with van der Waals surface area (Å²) >= 11 is 0. The Labute approximate surface area is 129 Å². The number of hydrogen-bond acceptors (Lipinski definition) is 6. The van der Waals surface area contributed by atoms with Crippen LogP contribution in [0.15, 0.2) is 0 Å². The molecule has 0 saturated carbocycles. The van der Waals surface area contributed by atoms with Gasteiger partial charge in [0.25, 0.3) is 6.47 Å². The van der Waals surface area contributed by atoms with Crippen molar-refractivity contribution in [3.05, 3.63) is 0 Å². The lowest BCUT2D eigenvalue weighted by atomic mass is 10.1. The normalized spacial score (nSPS) is 8.27. The molecule has 9 nitrogen and oxygen atoms in total. The summed E-state index contributed by atoms with van der Waals surface area (Å²) in [4.78, 5) is 27.1. The van der Waals surface area contributed by atoms with Gasteiger partial charge in [-0.1, -0.05) is 13.8 Å². The van der Waals surface area contributed by atoms with Gasteiger partial charge >= 0.3 is 11.9 Å². The summed E-state index contributed by atoms with van der Waals surface area (Å²) in [6.45, 7) is 3.11. The van der Waals surface area contributed by atoms with Gasteiger partial charge in [-0.05, 0) is 12.8 Å². The molecule has 0 aromatic rings. The fourth-order valence-corrected chi connectivity index (χ4v) is 0.620. The van der Waals surface area contributed by atoms with Crippen LogP contribution in [0.25, 0.3) is 0 Å². The molecule has 0 spiro atoms. The fraction of sp³-hybridized carbons (Fsp3) is 0.769. The van der Waals surface area contributed by atoms with Crippen LogP contribution < -0.4 is 0 Å². The molecule has 6 N–H and O–H groups in total. The summed E-state index contributed by atoms with van der Waals surface area (Å²) in [6, 6.07) is 0. The van der Waals surface area contributed by atoms with Gasteiger partial charge in [-0.15, -0.1) is 0 Å². The van der Waals surface area contributed by atoms with E-state index in [1.807, 2.05) is 0 Å². The Morgan fingerprint density at radius 2 is 1.23 bits per heavy atom. The first-order valence-corrected chi connectivity index (χ1v) is 6.64. The van der Waals surface area contributed by atoms with Crippen molar-refractivity contribution in [3.63, 3.8) is 0 Å². The number of carbonyl (C=O) groups is 3. The van der Waals surface area contributed by atoms with Crippen molar-refractivity contribution in [1.29, 1.82) is 0 Å². The Morgan fingerprint density at radius 3 is 1.36 bits per heavy atom. The lowest BCUT2D eigenvalue weighted by Crippen LogP contribution is -2.11. The molecule has 0 aliphatic carbocycles. The number of aliphatic hydroxyl groups excluding tert-OH is 3. The van der Waals surface area contributed by atoms with E-state index in [-0.39, 0.29) is 45.1 Å². The Morgan fingerprint density at radius 1 is 0.955 bits per heavy atom. The van der Waals surface area contributed by atoms with E-state index in [9.17, 15) is 9.59 Å². The second-order valence-corrected chi connectivity index (χ2v) is 3.70. The minimum atomic E-state index is -0.745. The predicted molar refractivity (Wildman–Crippen MR) is 78.5 cm³/mol. The number of rotatable bonds is 7. The molecule has 22 heavy (non-hydrogen) atoms. The first-order chi connectivity index (χ1) is 10.3. The van der Waals surface area contributed by atoms with Crippen molar-refractivity contribution >= 4 is 18.4 Å². The summed E-state index contributed by atoms with van der Waals surface area (Å²) in [7, 11) is 0. The van der Waals surface area contributed by atoms with Crippen LogP contribution in [0.1, 0.15) is 39.5 Å². The summed E-state index contributed by atoms with van der Waals surface area (Å²) < 4.78 is 0. The van der Waals surface area contributed by atoms with Crippen LogP contribution >= 0.6 is 0 Å². The van der Waals surface area contributed by atoms with Crippen molar-refractivity contribution in [2.45, 2.75) is 39.5 Å². The van der Waals surface area contributed by atoms with Crippen molar-refractivity contribution in [2.24, 2.45) is 5.92 Å². The van der Waals surface area contributed by atoms with E-state index in [0.29, 0.717) is 12.8 Å². The number of hydrogen-bond donors (Lipinski definition) is 6. The lowest BCUT2D eigenvalue weighted by molar-refractivity contribution is -0.137. The van der Waals surface area contributed by atoms with E-state index in [1.54, 1.807) is 13.8 Å². The summed E-state index contributed by atoms with van der Waals surface area (Å²) in [6.07, 6.45) is 1.80. The van der Waals surface area contributed by atoms with Crippen molar-refractivity contribution in [2.75, 3.05) is 19.8 Å². The molecule has 0 aliphatic heterocycles. The average molecular weight is 328 g/mol. The zero-order valence-corrected chi connectivity index (χ0v) is 13.0. The maximum atomic E-state index is 9.37. The predicted octanol–water partition coefficient (Wildman–Crippen LogP) is 0.0225. The van der Waals surface area contributed by atoms with E-state index >= 15 is 0 Å². The maximum Gasteiger partial charge on any atom is 0.303 e. The number of aliphatic carboxylic acids is 2. The molecule has 134 valence electrons. The standard InChI is InChI=1S/C6H14O3.2C3H6O2.CH2O2/c7-3-1-2-6(4-8)5-9;2*1-2-3(4)5;2-1-3/h6-9H,1-5H2;2*2H2,1H3,(H,4,5);1H,(H,2,3). The largest absolute Gasteiger partial charge is 0.483 e. The number of carboxylic acids is 2. The van der Waals surface area contributed by atoms with Gasteiger partial charge in [0, 0.05) is 38.6 Å². The Hall–Kier alpha value is -1.71. The van der Waals surface area contributed by atoms with Crippen LogP contribution in [-0.4, -0.2) is 68.9 Å². The lowest BCUT2D eigenvalue weighted by Gasteiger charge is -2.07. The highest BCUT2D eigenvalue weighted by Gasteiger charge is 2.03. The van der Waals surface area contributed by atoms with Crippen LogP contribution in [0.4, 0.5) is 0 Å². The van der Waals surface area contributed by atoms with Crippen LogP contribution in [0, 0.1) is 5.92 Å². The fourth-order valence-electron chi connectivity index (χ4n) is 0.620. The first kappa shape index (κ1) is 28.5. The molecule has 0 radical (unpaired) electrons. The zero-order chi connectivity index (χ0) is 18.4. The molecule has 0 atom stereocenters. The second kappa shape index (κ2) is 27.6. The Kier molecular flexibility index (Phi) is 35.7. The molecule has 0 rings (SSSR count). The number of aliphatic hydroxyl groups is 3. The monoisotopic (exact) mass is 328 g/mol. The molecule has 0 heterocycles. The van der Waals surface area contributed by atoms with Gasteiger partial charge < -0.3 is 30.6 Å². The van der Waals surface area contributed by atoms with Gasteiger partial charge in [-0.25, -0.2) is 0 Å². The summed E-state index contributed by atoms with van der Waals surface area (Å²) in [5.41, 5.74) is 0. The molecular formula is C13H28O9. The zero-order valence-electron chi connectivity index (χ0n) is 13.0. The molecule has 0 aliphatic rings. The van der Waals surface area contributed by atoms with Gasteiger partial charge in [0.2, 0.25) is 0 Å². The second-order valence-electron chi connectivity index (χ2n) is 3.70. The van der Waals surface area contributed by atoms with E-state index in [4.69, 9.17) is 35.4 Å². The minimum Gasteiger partial charge on any atom is -0.483 e. The van der Waals surface area contributed by atoms with Crippen LogP contribution in [0.2, 0.25) is 0 Å². The highest BCUT2D eigenvalue weighted by molar-refractivity contribution is 5.66. The highest BCUT2D eigenvalue weighted by Crippen LogP contribution is 2.02. The molecule has 0 unspecified atom stereocenters. The molecular weight excluding hydrogens is 300 g/mol. The third-order valence-corrected chi connectivity index (χ3v) is 1.89. The van der Waals surface area contributed by atoms with Gasteiger partial charge in [-0.2, -0.15) is 0 Å². The molecule has 0 amide bonds.